The van der Waals surface area contributed by atoms with Crippen LogP contribution in [0.2, 0.25) is 0 Å². The second-order valence-electron chi connectivity index (χ2n) is 1.30. The predicted octanol–water partition coefficient (Wildman–Crippen LogP) is 0.157. The third-order valence-corrected chi connectivity index (χ3v) is 0.834. The van der Waals surface area contributed by atoms with Crippen LogP contribution >= 0.6 is 0 Å². The normalized spacial score (nSPS) is 29.0. The van der Waals surface area contributed by atoms with Gasteiger partial charge in [-0.25, -0.2) is 0 Å². The van der Waals surface area contributed by atoms with E-state index in [9.17, 15) is 0 Å². The van der Waals surface area contributed by atoms with Gasteiger partial charge in [0.15, 0.2) is 0 Å². The summed E-state index contributed by atoms with van der Waals surface area (Å²) in [6.45, 7) is 2.77. The molecule has 1 atom stereocenters. The SMILES string of the molecule is COC1C=C[C]N1. The Morgan fingerprint density at radius 3 is 3.00 bits per heavy atom. The summed E-state index contributed by atoms with van der Waals surface area (Å²) in [6.07, 6.45) is 3.74. The molecule has 0 saturated carbocycles. The lowest BCUT2D eigenvalue weighted by Gasteiger charge is -2.02. The first-order valence-corrected chi connectivity index (χ1v) is 2.14. The molecule has 1 rings (SSSR count). The molecule has 0 aromatic rings. The second kappa shape index (κ2) is 2.09. The highest BCUT2D eigenvalue weighted by Crippen LogP contribution is 1.96. The summed E-state index contributed by atoms with van der Waals surface area (Å²) in [6, 6.07) is 0. The minimum Gasteiger partial charge on any atom is -0.363 e. The summed E-state index contributed by atoms with van der Waals surface area (Å²) in [4.78, 5) is 0. The molecule has 38 valence electrons. The van der Waals surface area contributed by atoms with Gasteiger partial charge >= 0.3 is 0 Å². The molecule has 0 bridgehead atoms. The van der Waals surface area contributed by atoms with Crippen LogP contribution in [0.4, 0.5) is 0 Å². The van der Waals surface area contributed by atoms with Gasteiger partial charge in [-0.3, -0.25) is 5.32 Å². The van der Waals surface area contributed by atoms with Crippen LogP contribution in [0.1, 0.15) is 0 Å². The van der Waals surface area contributed by atoms with E-state index in [1.54, 1.807) is 13.2 Å². The molecule has 0 saturated heterocycles. The minimum atomic E-state index is 0.0556. The number of hydrogen-bond acceptors (Lipinski definition) is 2. The van der Waals surface area contributed by atoms with Crippen molar-refractivity contribution >= 4 is 0 Å². The van der Waals surface area contributed by atoms with Crippen LogP contribution in [0.15, 0.2) is 12.2 Å². The zero-order valence-corrected chi connectivity index (χ0v) is 4.14. The van der Waals surface area contributed by atoms with Gasteiger partial charge in [0.25, 0.3) is 0 Å². The Balaban J connectivity index is 2.28. The van der Waals surface area contributed by atoms with Crippen LogP contribution in [0.3, 0.4) is 0 Å². The maximum absolute atomic E-state index is 4.85. The fraction of sp³-hybridized carbons (Fsp3) is 0.400. The molecule has 0 aromatic carbocycles. The third kappa shape index (κ3) is 1.01. The summed E-state index contributed by atoms with van der Waals surface area (Å²) >= 11 is 0. The van der Waals surface area contributed by atoms with Crippen LogP contribution in [-0.2, 0) is 4.74 Å². The van der Waals surface area contributed by atoms with Crippen molar-refractivity contribution in [2.75, 3.05) is 7.11 Å². The number of rotatable bonds is 1. The Labute approximate surface area is 43.2 Å². The number of ether oxygens (including phenoxy) is 1. The Hall–Kier alpha value is -0.340. The zero-order valence-electron chi connectivity index (χ0n) is 4.14. The van der Waals surface area contributed by atoms with E-state index < -0.39 is 0 Å². The topological polar surface area (TPSA) is 21.3 Å². The van der Waals surface area contributed by atoms with Gasteiger partial charge in [0.2, 0.25) is 0 Å². The van der Waals surface area contributed by atoms with Crippen molar-refractivity contribution in [3.05, 3.63) is 18.7 Å². The monoisotopic (exact) mass is 97.1 g/mol. The number of nitrogens with one attached hydrogen (secondary N) is 1. The maximum Gasteiger partial charge on any atom is 0.127 e. The Bertz CT molecular complexity index is 80.1. The summed E-state index contributed by atoms with van der Waals surface area (Å²) in [5.41, 5.74) is 0. The van der Waals surface area contributed by atoms with Gasteiger partial charge in [-0.1, -0.05) is 6.08 Å². The molecule has 1 heterocycles. The van der Waals surface area contributed by atoms with Crippen molar-refractivity contribution in [3.8, 4) is 0 Å². The first kappa shape index (κ1) is 4.81. The van der Waals surface area contributed by atoms with Crippen LogP contribution in [0.5, 0.6) is 0 Å². The van der Waals surface area contributed by atoms with E-state index in [-0.39, 0.29) is 6.23 Å². The Kier molecular flexibility index (Phi) is 1.44. The molecule has 1 aliphatic rings. The van der Waals surface area contributed by atoms with E-state index in [0.717, 1.165) is 0 Å². The van der Waals surface area contributed by atoms with Crippen LogP contribution < -0.4 is 5.32 Å². The maximum atomic E-state index is 4.85. The lowest BCUT2D eigenvalue weighted by Crippen LogP contribution is -2.20. The van der Waals surface area contributed by atoms with Crippen molar-refractivity contribution in [3.63, 3.8) is 0 Å². The lowest BCUT2D eigenvalue weighted by atomic mass is 10.5. The molecular formula is C5H7NO. The van der Waals surface area contributed by atoms with E-state index in [0.29, 0.717) is 0 Å². The standard InChI is InChI=1S/C5H7NO/c1-7-5-3-2-4-6-5/h2-3,5-6H,1H3. The molecule has 2 nitrogen and oxygen atoms in total. The van der Waals surface area contributed by atoms with Crippen molar-refractivity contribution < 1.29 is 4.74 Å². The fourth-order valence-electron chi connectivity index (χ4n) is 0.451. The zero-order chi connectivity index (χ0) is 5.11. The smallest absolute Gasteiger partial charge is 0.127 e. The van der Waals surface area contributed by atoms with Gasteiger partial charge in [-0.15, -0.1) is 0 Å². The van der Waals surface area contributed by atoms with Crippen molar-refractivity contribution in [1.29, 1.82) is 0 Å². The number of methoxy groups -OCH3 is 1. The molecule has 1 aliphatic heterocycles. The van der Waals surface area contributed by atoms with Gasteiger partial charge < -0.3 is 4.74 Å². The Morgan fingerprint density at radius 2 is 2.71 bits per heavy atom. The van der Waals surface area contributed by atoms with Crippen LogP contribution in [0.25, 0.3) is 0 Å². The highest BCUT2D eigenvalue weighted by atomic mass is 16.5. The first-order valence-electron chi connectivity index (χ1n) is 2.14. The van der Waals surface area contributed by atoms with Gasteiger partial charge in [-0.2, -0.15) is 0 Å². The molecule has 2 radical (unpaired) electrons. The van der Waals surface area contributed by atoms with E-state index in [4.69, 9.17) is 4.74 Å². The van der Waals surface area contributed by atoms with Crippen molar-refractivity contribution in [1.82, 2.24) is 5.32 Å². The molecule has 0 aliphatic carbocycles. The highest BCUT2D eigenvalue weighted by Gasteiger charge is 2.03. The molecule has 0 fully saturated rings. The summed E-state index contributed by atoms with van der Waals surface area (Å²) in [5.74, 6) is 0. The summed E-state index contributed by atoms with van der Waals surface area (Å²) in [5, 5.41) is 2.82. The highest BCUT2D eigenvalue weighted by molar-refractivity contribution is 5.05. The average molecular weight is 97.1 g/mol. The summed E-state index contributed by atoms with van der Waals surface area (Å²) < 4.78 is 4.85. The minimum absolute atomic E-state index is 0.0556. The molecule has 0 amide bonds. The van der Waals surface area contributed by atoms with Gasteiger partial charge in [0.1, 0.15) is 6.23 Å². The molecule has 1 N–H and O–H groups in total. The van der Waals surface area contributed by atoms with E-state index in [1.807, 2.05) is 6.08 Å². The van der Waals surface area contributed by atoms with Crippen molar-refractivity contribution in [2.24, 2.45) is 0 Å². The van der Waals surface area contributed by atoms with Crippen LogP contribution in [0, 0.1) is 6.54 Å². The van der Waals surface area contributed by atoms with Gasteiger partial charge in [-0.05, 0) is 6.08 Å². The average Bonchev–Trinajstić information content (AvgIpc) is 2.14. The molecule has 7 heavy (non-hydrogen) atoms. The lowest BCUT2D eigenvalue weighted by molar-refractivity contribution is 0.127. The second-order valence-corrected chi connectivity index (χ2v) is 1.30. The third-order valence-electron chi connectivity index (χ3n) is 0.834. The van der Waals surface area contributed by atoms with E-state index in [2.05, 4.69) is 11.9 Å². The van der Waals surface area contributed by atoms with Crippen molar-refractivity contribution in [2.45, 2.75) is 6.23 Å². The van der Waals surface area contributed by atoms with E-state index in [1.165, 1.54) is 0 Å². The first-order chi connectivity index (χ1) is 3.43. The molecule has 0 aromatic heterocycles. The van der Waals surface area contributed by atoms with Gasteiger partial charge in [0.05, 0.1) is 6.54 Å². The molecule has 0 spiro atoms. The number of hydrogen-bond donors (Lipinski definition) is 1. The summed E-state index contributed by atoms with van der Waals surface area (Å²) in [7, 11) is 1.65. The molecule has 2 heteroatoms. The molecule has 1 unspecified atom stereocenters. The van der Waals surface area contributed by atoms with Gasteiger partial charge in [0, 0.05) is 7.11 Å². The quantitative estimate of drug-likeness (QED) is 0.503. The largest absolute Gasteiger partial charge is 0.363 e. The van der Waals surface area contributed by atoms with Crippen LogP contribution in [-0.4, -0.2) is 13.3 Å². The van der Waals surface area contributed by atoms with E-state index >= 15 is 0 Å². The Morgan fingerprint density at radius 1 is 1.86 bits per heavy atom. The predicted molar refractivity (Wildman–Crippen MR) is 26.3 cm³/mol. The molecular weight excluding hydrogens is 90.1 g/mol. The fourth-order valence-corrected chi connectivity index (χ4v) is 0.451.